The Labute approximate surface area is 199 Å². The molecule has 2 saturated heterocycles. The zero-order valence-corrected chi connectivity index (χ0v) is 19.8. The van der Waals surface area contributed by atoms with E-state index in [9.17, 15) is 9.59 Å². The number of cyclic esters (lactones) is 2. The van der Waals surface area contributed by atoms with Gasteiger partial charge in [0.25, 0.3) is 0 Å². The molecule has 7 nitrogen and oxygen atoms in total. The monoisotopic (exact) mass is 462 g/mol. The van der Waals surface area contributed by atoms with Crippen molar-refractivity contribution in [2.45, 2.75) is 45.6 Å². The zero-order chi connectivity index (χ0) is 23.4. The van der Waals surface area contributed by atoms with E-state index in [-0.39, 0.29) is 18.0 Å². The first-order chi connectivity index (χ1) is 16.5. The Morgan fingerprint density at radius 2 is 1.59 bits per heavy atom. The maximum atomic E-state index is 11.9. The summed E-state index contributed by atoms with van der Waals surface area (Å²) in [5.74, 6) is -0.421. The second-order valence-corrected chi connectivity index (χ2v) is 9.86. The first-order valence-electron chi connectivity index (χ1n) is 12.2. The van der Waals surface area contributed by atoms with Crippen molar-refractivity contribution in [3.8, 4) is 0 Å². The molecule has 6 rings (SSSR count). The molecule has 4 heterocycles. The normalized spacial score (nSPS) is 24.4. The van der Waals surface area contributed by atoms with Crippen molar-refractivity contribution in [3.05, 3.63) is 68.8 Å². The van der Waals surface area contributed by atoms with Gasteiger partial charge in [-0.1, -0.05) is 12.1 Å². The van der Waals surface area contributed by atoms with E-state index in [4.69, 9.17) is 14.2 Å². The van der Waals surface area contributed by atoms with Gasteiger partial charge in [-0.15, -0.1) is 0 Å². The molecule has 0 amide bonds. The molecule has 0 bridgehead atoms. The van der Waals surface area contributed by atoms with Crippen LogP contribution in [0.15, 0.2) is 24.3 Å². The molecule has 0 aromatic heterocycles. The van der Waals surface area contributed by atoms with Crippen molar-refractivity contribution in [2.75, 3.05) is 39.3 Å². The quantitative estimate of drug-likeness (QED) is 0.647. The summed E-state index contributed by atoms with van der Waals surface area (Å²) < 4.78 is 16.8. The molecular weight excluding hydrogens is 432 g/mol. The van der Waals surface area contributed by atoms with Crippen LogP contribution in [-0.2, 0) is 33.8 Å². The fourth-order valence-corrected chi connectivity index (χ4v) is 5.90. The van der Waals surface area contributed by atoms with Crippen LogP contribution in [-0.4, -0.2) is 67.1 Å². The highest BCUT2D eigenvalue weighted by atomic mass is 16.5. The fraction of sp³-hybridized carbons (Fsp3) is 0.481. The van der Waals surface area contributed by atoms with E-state index in [1.54, 1.807) is 0 Å². The summed E-state index contributed by atoms with van der Waals surface area (Å²) in [6, 6.07) is 8.34. The molecule has 178 valence electrons. The SMILES string of the molecule is Cc1c(CCN2CCN3C[C@@H](c4ccc5c(c4C)COC5=O)OC[C@H]3C2)ccc2c1COC2=O. The van der Waals surface area contributed by atoms with Crippen LogP contribution in [0.4, 0.5) is 0 Å². The average Bonchev–Trinajstić information content (AvgIpc) is 3.42. The van der Waals surface area contributed by atoms with Gasteiger partial charge in [0, 0.05) is 49.9 Å². The van der Waals surface area contributed by atoms with Crippen LogP contribution in [0, 0.1) is 13.8 Å². The summed E-state index contributed by atoms with van der Waals surface area (Å²) in [4.78, 5) is 28.7. The predicted molar refractivity (Wildman–Crippen MR) is 125 cm³/mol. The lowest BCUT2D eigenvalue weighted by Gasteiger charge is -2.46. The van der Waals surface area contributed by atoms with Gasteiger partial charge in [0.05, 0.1) is 23.8 Å². The van der Waals surface area contributed by atoms with Crippen molar-refractivity contribution in [3.63, 3.8) is 0 Å². The van der Waals surface area contributed by atoms with Gasteiger partial charge < -0.3 is 19.1 Å². The number of nitrogens with zero attached hydrogens (tertiary/aromatic N) is 2. The number of esters is 2. The first kappa shape index (κ1) is 21.8. The average molecular weight is 463 g/mol. The van der Waals surface area contributed by atoms with Crippen LogP contribution < -0.4 is 0 Å². The Morgan fingerprint density at radius 1 is 0.882 bits per heavy atom. The lowest BCUT2D eigenvalue weighted by Crippen LogP contribution is -2.58. The van der Waals surface area contributed by atoms with Gasteiger partial charge in [0.15, 0.2) is 0 Å². The van der Waals surface area contributed by atoms with E-state index >= 15 is 0 Å². The number of carbonyl (C=O) groups excluding carboxylic acids is 2. The maximum Gasteiger partial charge on any atom is 0.338 e. The highest BCUT2D eigenvalue weighted by Crippen LogP contribution is 2.34. The molecule has 2 atom stereocenters. The van der Waals surface area contributed by atoms with E-state index in [0.29, 0.717) is 31.4 Å². The molecule has 0 unspecified atom stereocenters. The third kappa shape index (κ3) is 3.63. The molecule has 34 heavy (non-hydrogen) atoms. The van der Waals surface area contributed by atoms with Gasteiger partial charge in [-0.3, -0.25) is 4.90 Å². The number of piperazine rings is 1. The van der Waals surface area contributed by atoms with Crippen molar-refractivity contribution in [1.29, 1.82) is 0 Å². The number of rotatable bonds is 4. The standard InChI is InChI=1S/C27H30N2O5/c1-16-18(3-4-21-23(16)14-33-26(21)30)7-8-28-9-10-29-12-25(32-13-19(29)11-28)20-5-6-22-24(17(20)2)15-34-27(22)31/h3-6,19,25H,7-15H2,1-2H3/t19-,25+/m1/s1. The molecule has 0 aliphatic carbocycles. The van der Waals surface area contributed by atoms with Crippen LogP contribution in [0.3, 0.4) is 0 Å². The number of ether oxygens (including phenoxy) is 3. The summed E-state index contributed by atoms with van der Waals surface area (Å²) in [6.45, 7) is 10.6. The smallest absolute Gasteiger partial charge is 0.338 e. The van der Waals surface area contributed by atoms with Gasteiger partial charge in [0.1, 0.15) is 13.2 Å². The fourth-order valence-electron chi connectivity index (χ4n) is 5.90. The topological polar surface area (TPSA) is 68.3 Å². The van der Waals surface area contributed by atoms with Gasteiger partial charge in [-0.05, 0) is 54.7 Å². The van der Waals surface area contributed by atoms with Gasteiger partial charge in [-0.25, -0.2) is 9.59 Å². The van der Waals surface area contributed by atoms with Gasteiger partial charge in [-0.2, -0.15) is 0 Å². The van der Waals surface area contributed by atoms with Crippen molar-refractivity contribution in [2.24, 2.45) is 0 Å². The minimum atomic E-state index is -0.220. The van der Waals surface area contributed by atoms with Crippen molar-refractivity contribution in [1.82, 2.24) is 9.80 Å². The summed E-state index contributed by atoms with van der Waals surface area (Å²) in [5.41, 5.74) is 8.28. The van der Waals surface area contributed by atoms with Crippen LogP contribution in [0.2, 0.25) is 0 Å². The highest BCUT2D eigenvalue weighted by molar-refractivity contribution is 5.94. The highest BCUT2D eigenvalue weighted by Gasteiger charge is 2.35. The van der Waals surface area contributed by atoms with Crippen LogP contribution in [0.25, 0.3) is 0 Å². The number of benzene rings is 2. The molecule has 4 aliphatic heterocycles. The molecule has 0 saturated carbocycles. The molecule has 2 fully saturated rings. The second kappa shape index (κ2) is 8.48. The van der Waals surface area contributed by atoms with E-state index in [0.717, 1.165) is 61.4 Å². The lowest BCUT2D eigenvalue weighted by molar-refractivity contribution is -0.0903. The van der Waals surface area contributed by atoms with Crippen molar-refractivity contribution < 1.29 is 23.8 Å². The molecule has 4 aliphatic rings. The van der Waals surface area contributed by atoms with Crippen LogP contribution >= 0.6 is 0 Å². The Bertz CT molecular complexity index is 1180. The number of hydrogen-bond donors (Lipinski definition) is 0. The van der Waals surface area contributed by atoms with E-state index in [2.05, 4.69) is 29.7 Å². The summed E-state index contributed by atoms with van der Waals surface area (Å²) in [6.07, 6.45) is 1.00. The Kier molecular flexibility index (Phi) is 5.43. The number of fused-ring (bicyclic) bond motifs is 3. The number of hydrogen-bond acceptors (Lipinski definition) is 7. The van der Waals surface area contributed by atoms with Crippen LogP contribution in [0.5, 0.6) is 0 Å². The van der Waals surface area contributed by atoms with E-state index in [1.165, 1.54) is 16.7 Å². The summed E-state index contributed by atoms with van der Waals surface area (Å²) >= 11 is 0. The minimum Gasteiger partial charge on any atom is -0.457 e. The number of morpholine rings is 1. The summed E-state index contributed by atoms with van der Waals surface area (Å²) in [7, 11) is 0. The van der Waals surface area contributed by atoms with Crippen molar-refractivity contribution >= 4 is 11.9 Å². The predicted octanol–water partition coefficient (Wildman–Crippen LogP) is 2.94. The largest absolute Gasteiger partial charge is 0.457 e. The zero-order valence-electron chi connectivity index (χ0n) is 19.8. The molecule has 2 aromatic rings. The van der Waals surface area contributed by atoms with E-state index < -0.39 is 0 Å². The molecule has 7 heteroatoms. The Balaban J connectivity index is 1.07. The first-order valence-corrected chi connectivity index (χ1v) is 12.2. The third-order valence-corrected chi connectivity index (χ3v) is 8.11. The van der Waals surface area contributed by atoms with Gasteiger partial charge >= 0.3 is 11.9 Å². The Morgan fingerprint density at radius 3 is 2.35 bits per heavy atom. The maximum absolute atomic E-state index is 11.9. The molecule has 0 spiro atoms. The lowest BCUT2D eigenvalue weighted by atomic mass is 9.94. The van der Waals surface area contributed by atoms with Crippen LogP contribution in [0.1, 0.15) is 60.2 Å². The second-order valence-electron chi connectivity index (χ2n) is 9.86. The Hall–Kier alpha value is -2.74. The van der Waals surface area contributed by atoms with Gasteiger partial charge in [0.2, 0.25) is 0 Å². The molecule has 0 radical (unpaired) electrons. The number of carbonyl (C=O) groups is 2. The minimum absolute atomic E-state index is 0.0304. The third-order valence-electron chi connectivity index (χ3n) is 8.11. The summed E-state index contributed by atoms with van der Waals surface area (Å²) in [5, 5.41) is 0. The van der Waals surface area contributed by atoms with E-state index in [1.807, 2.05) is 18.2 Å². The molecule has 0 N–H and O–H groups in total. The molecule has 2 aromatic carbocycles. The molecular formula is C27H30N2O5.